The molecule has 5 heteroatoms. The van der Waals surface area contributed by atoms with E-state index in [1.54, 1.807) is 18.2 Å². The smallest absolute Gasteiger partial charge is 0.255 e. The number of carbonyl (C=O) groups excluding carboxylic acids is 1. The summed E-state index contributed by atoms with van der Waals surface area (Å²) in [5, 5.41) is 3.35. The molecule has 1 saturated heterocycles. The van der Waals surface area contributed by atoms with Gasteiger partial charge in [0.1, 0.15) is 5.75 Å². The summed E-state index contributed by atoms with van der Waals surface area (Å²) in [5.41, 5.74) is 0.447. The minimum Gasteiger partial charge on any atom is -0.496 e. The van der Waals surface area contributed by atoms with E-state index in [0.717, 1.165) is 19.4 Å². The van der Waals surface area contributed by atoms with E-state index in [-0.39, 0.29) is 12.0 Å². The van der Waals surface area contributed by atoms with Crippen LogP contribution in [0.2, 0.25) is 5.02 Å². The van der Waals surface area contributed by atoms with E-state index in [9.17, 15) is 4.79 Å². The lowest BCUT2D eigenvalue weighted by Gasteiger charge is -2.12. The molecule has 1 fully saturated rings. The molecular formula is C13H16ClNO3. The summed E-state index contributed by atoms with van der Waals surface area (Å²) < 4.78 is 10.6. The molecule has 1 heterocycles. The molecule has 0 aliphatic carbocycles. The molecule has 1 amide bonds. The minimum absolute atomic E-state index is 0.124. The number of nitrogens with one attached hydrogen (secondary N) is 1. The van der Waals surface area contributed by atoms with Gasteiger partial charge < -0.3 is 14.8 Å². The summed E-state index contributed by atoms with van der Waals surface area (Å²) in [6.45, 7) is 1.30. The van der Waals surface area contributed by atoms with E-state index >= 15 is 0 Å². The van der Waals surface area contributed by atoms with Crippen molar-refractivity contribution < 1.29 is 14.3 Å². The van der Waals surface area contributed by atoms with Crippen LogP contribution in [0.5, 0.6) is 5.75 Å². The lowest BCUT2D eigenvalue weighted by atomic mass is 10.1. The van der Waals surface area contributed by atoms with Crippen molar-refractivity contribution in [2.75, 3.05) is 20.3 Å². The van der Waals surface area contributed by atoms with Crippen LogP contribution in [0.4, 0.5) is 0 Å². The molecule has 4 nitrogen and oxygen atoms in total. The molecule has 0 spiro atoms. The van der Waals surface area contributed by atoms with Crippen LogP contribution in [0.3, 0.4) is 0 Å². The van der Waals surface area contributed by atoms with Crippen molar-refractivity contribution in [2.45, 2.75) is 18.9 Å². The van der Waals surface area contributed by atoms with Gasteiger partial charge in [0.15, 0.2) is 0 Å². The highest BCUT2D eigenvalue weighted by Crippen LogP contribution is 2.22. The van der Waals surface area contributed by atoms with Gasteiger partial charge in [0.25, 0.3) is 5.91 Å². The second-order valence-corrected chi connectivity index (χ2v) is 4.63. The van der Waals surface area contributed by atoms with Gasteiger partial charge in [0, 0.05) is 18.2 Å². The third-order valence-electron chi connectivity index (χ3n) is 2.92. The number of hydrogen-bond donors (Lipinski definition) is 1. The summed E-state index contributed by atoms with van der Waals surface area (Å²) in [4.78, 5) is 12.0. The van der Waals surface area contributed by atoms with Gasteiger partial charge in [-0.1, -0.05) is 11.6 Å². The van der Waals surface area contributed by atoms with Crippen molar-refractivity contribution in [1.29, 1.82) is 0 Å². The molecule has 1 N–H and O–H groups in total. The van der Waals surface area contributed by atoms with Crippen molar-refractivity contribution >= 4 is 17.5 Å². The Morgan fingerprint density at radius 3 is 3.11 bits per heavy atom. The van der Waals surface area contributed by atoms with E-state index in [2.05, 4.69) is 5.32 Å². The molecule has 2 rings (SSSR count). The number of carbonyl (C=O) groups is 1. The third-order valence-corrected chi connectivity index (χ3v) is 3.16. The second-order valence-electron chi connectivity index (χ2n) is 4.19. The van der Waals surface area contributed by atoms with Gasteiger partial charge in [-0.3, -0.25) is 4.79 Å². The Hall–Kier alpha value is -1.26. The maximum atomic E-state index is 12.0. The van der Waals surface area contributed by atoms with E-state index in [0.29, 0.717) is 22.9 Å². The molecule has 1 aromatic carbocycles. The standard InChI is InChI=1S/C13H16ClNO3/c1-17-12-5-4-9(14)7-11(12)13(16)15-8-10-3-2-6-18-10/h4-5,7,10H,2-3,6,8H2,1H3,(H,15,16)/t10-/m0/s1. The quantitative estimate of drug-likeness (QED) is 0.912. The summed E-state index contributed by atoms with van der Waals surface area (Å²) in [5.74, 6) is 0.328. The molecule has 0 unspecified atom stereocenters. The number of rotatable bonds is 4. The SMILES string of the molecule is COc1ccc(Cl)cc1C(=O)NC[C@@H]1CCCO1. The van der Waals surface area contributed by atoms with Crippen LogP contribution in [0.15, 0.2) is 18.2 Å². The van der Waals surface area contributed by atoms with Crippen LogP contribution in [0.25, 0.3) is 0 Å². The molecule has 0 radical (unpaired) electrons. The zero-order chi connectivity index (χ0) is 13.0. The first kappa shape index (κ1) is 13.2. The topological polar surface area (TPSA) is 47.6 Å². The minimum atomic E-state index is -0.190. The lowest BCUT2D eigenvalue weighted by Crippen LogP contribution is -2.32. The maximum absolute atomic E-state index is 12.0. The van der Waals surface area contributed by atoms with Crippen LogP contribution < -0.4 is 10.1 Å². The molecule has 1 atom stereocenters. The van der Waals surface area contributed by atoms with Crippen LogP contribution in [0, 0.1) is 0 Å². The van der Waals surface area contributed by atoms with Gasteiger partial charge in [0.05, 0.1) is 18.8 Å². The Kier molecular flexibility index (Phi) is 4.44. The Bertz CT molecular complexity index is 430. The maximum Gasteiger partial charge on any atom is 0.255 e. The van der Waals surface area contributed by atoms with E-state index in [4.69, 9.17) is 21.1 Å². The van der Waals surface area contributed by atoms with Crippen molar-refractivity contribution in [1.82, 2.24) is 5.32 Å². The van der Waals surface area contributed by atoms with Gasteiger partial charge >= 0.3 is 0 Å². The Morgan fingerprint density at radius 1 is 1.61 bits per heavy atom. The monoisotopic (exact) mass is 269 g/mol. The predicted molar refractivity (Wildman–Crippen MR) is 69.3 cm³/mol. The van der Waals surface area contributed by atoms with Crippen LogP contribution in [0.1, 0.15) is 23.2 Å². The summed E-state index contributed by atoms with van der Waals surface area (Å²) in [7, 11) is 1.53. The molecular weight excluding hydrogens is 254 g/mol. The average molecular weight is 270 g/mol. The number of hydrogen-bond acceptors (Lipinski definition) is 3. The first-order valence-corrected chi connectivity index (χ1v) is 6.32. The first-order chi connectivity index (χ1) is 8.70. The van der Waals surface area contributed by atoms with Crippen molar-refractivity contribution in [3.8, 4) is 5.75 Å². The van der Waals surface area contributed by atoms with Gasteiger partial charge in [-0.05, 0) is 31.0 Å². The Balaban J connectivity index is 2.00. The molecule has 98 valence electrons. The highest BCUT2D eigenvalue weighted by Gasteiger charge is 2.18. The fourth-order valence-corrected chi connectivity index (χ4v) is 2.14. The van der Waals surface area contributed by atoms with Crippen molar-refractivity contribution in [2.24, 2.45) is 0 Å². The molecule has 0 aromatic heterocycles. The molecule has 1 aliphatic heterocycles. The summed E-state index contributed by atoms with van der Waals surface area (Å²) in [6.07, 6.45) is 2.17. The number of halogens is 1. The van der Waals surface area contributed by atoms with E-state index in [1.807, 2.05) is 0 Å². The van der Waals surface area contributed by atoms with Gasteiger partial charge in [-0.25, -0.2) is 0 Å². The number of amides is 1. The van der Waals surface area contributed by atoms with Crippen molar-refractivity contribution in [3.63, 3.8) is 0 Å². The molecule has 0 bridgehead atoms. The van der Waals surface area contributed by atoms with Gasteiger partial charge in [-0.2, -0.15) is 0 Å². The summed E-state index contributed by atoms with van der Waals surface area (Å²) >= 11 is 5.88. The highest BCUT2D eigenvalue weighted by atomic mass is 35.5. The molecule has 0 saturated carbocycles. The average Bonchev–Trinajstić information content (AvgIpc) is 2.89. The normalized spacial score (nSPS) is 18.7. The third kappa shape index (κ3) is 3.15. The number of ether oxygens (including phenoxy) is 2. The number of methoxy groups -OCH3 is 1. The fourth-order valence-electron chi connectivity index (χ4n) is 1.96. The summed E-state index contributed by atoms with van der Waals surface area (Å²) in [6, 6.07) is 4.98. The Labute approximate surface area is 111 Å². The lowest BCUT2D eigenvalue weighted by molar-refractivity contribution is 0.0855. The first-order valence-electron chi connectivity index (χ1n) is 5.94. The zero-order valence-electron chi connectivity index (χ0n) is 10.2. The van der Waals surface area contributed by atoms with Crippen molar-refractivity contribution in [3.05, 3.63) is 28.8 Å². The molecule has 1 aromatic rings. The second kappa shape index (κ2) is 6.07. The molecule has 18 heavy (non-hydrogen) atoms. The van der Waals surface area contributed by atoms with Crippen LogP contribution in [-0.2, 0) is 4.74 Å². The zero-order valence-corrected chi connectivity index (χ0v) is 11.0. The van der Waals surface area contributed by atoms with E-state index in [1.165, 1.54) is 7.11 Å². The largest absolute Gasteiger partial charge is 0.496 e. The number of benzene rings is 1. The van der Waals surface area contributed by atoms with Gasteiger partial charge in [0.2, 0.25) is 0 Å². The predicted octanol–water partition coefficient (Wildman–Crippen LogP) is 2.26. The van der Waals surface area contributed by atoms with Crippen LogP contribution >= 0.6 is 11.6 Å². The Morgan fingerprint density at radius 2 is 2.44 bits per heavy atom. The highest BCUT2D eigenvalue weighted by molar-refractivity contribution is 6.31. The van der Waals surface area contributed by atoms with Crippen LogP contribution in [-0.4, -0.2) is 32.3 Å². The molecule has 1 aliphatic rings. The van der Waals surface area contributed by atoms with E-state index < -0.39 is 0 Å². The fraction of sp³-hybridized carbons (Fsp3) is 0.462. The van der Waals surface area contributed by atoms with Gasteiger partial charge in [-0.15, -0.1) is 0 Å².